The van der Waals surface area contributed by atoms with Crippen LogP contribution in [0.5, 0.6) is 11.5 Å². The van der Waals surface area contributed by atoms with Crippen LogP contribution in [0.25, 0.3) is 0 Å². The number of benzene rings is 1. The summed E-state index contributed by atoms with van der Waals surface area (Å²) in [5.41, 5.74) is 0.238. The van der Waals surface area contributed by atoms with Crippen molar-refractivity contribution < 1.29 is 14.3 Å². The Balaban J connectivity index is 1.93. The van der Waals surface area contributed by atoms with Crippen LogP contribution in [0.2, 0.25) is 0 Å². The van der Waals surface area contributed by atoms with Gasteiger partial charge >= 0.3 is 0 Å². The minimum atomic E-state index is 0.215. The first-order valence-electron chi connectivity index (χ1n) is 7.58. The molecule has 0 N–H and O–H groups in total. The van der Waals surface area contributed by atoms with E-state index >= 15 is 0 Å². The van der Waals surface area contributed by atoms with E-state index in [1.165, 1.54) is 6.42 Å². The Labute approximate surface area is 137 Å². The van der Waals surface area contributed by atoms with E-state index in [0.29, 0.717) is 17.3 Å². The lowest BCUT2D eigenvalue weighted by molar-refractivity contribution is -0.131. The van der Waals surface area contributed by atoms with E-state index in [-0.39, 0.29) is 11.3 Å². The van der Waals surface area contributed by atoms with Crippen molar-refractivity contribution >= 4 is 17.7 Å². The van der Waals surface area contributed by atoms with Crippen LogP contribution in [0.3, 0.4) is 0 Å². The summed E-state index contributed by atoms with van der Waals surface area (Å²) >= 11 is 1.54. The van der Waals surface area contributed by atoms with Gasteiger partial charge in [-0.3, -0.25) is 4.79 Å². The van der Waals surface area contributed by atoms with Crippen LogP contribution in [0.15, 0.2) is 23.1 Å². The maximum atomic E-state index is 12.4. The van der Waals surface area contributed by atoms with Crippen molar-refractivity contribution in [2.45, 2.75) is 31.6 Å². The van der Waals surface area contributed by atoms with Crippen LogP contribution < -0.4 is 9.47 Å². The van der Waals surface area contributed by atoms with Crippen LogP contribution in [-0.2, 0) is 4.79 Å². The topological polar surface area (TPSA) is 38.8 Å². The maximum absolute atomic E-state index is 12.4. The summed E-state index contributed by atoms with van der Waals surface area (Å²) in [4.78, 5) is 15.4. The molecule has 1 aliphatic rings. The summed E-state index contributed by atoms with van der Waals surface area (Å²) < 4.78 is 10.5. The summed E-state index contributed by atoms with van der Waals surface area (Å²) in [6, 6.07) is 5.74. The number of hydrogen-bond donors (Lipinski definition) is 0. The third kappa shape index (κ3) is 4.32. The molecule has 0 atom stereocenters. The lowest BCUT2D eigenvalue weighted by atomic mass is 9.84. The smallest absolute Gasteiger partial charge is 0.232 e. The van der Waals surface area contributed by atoms with E-state index in [4.69, 9.17) is 9.47 Å². The number of methoxy groups -OCH3 is 2. The Kier molecular flexibility index (Phi) is 5.62. The molecule has 1 saturated heterocycles. The largest absolute Gasteiger partial charge is 0.493 e. The highest BCUT2D eigenvalue weighted by Gasteiger charge is 2.28. The standard InChI is InChI=1S/C17H25NO3S/c1-17(2)8-5-9-18(12-17)16(19)11-22-13-6-7-14(20-3)15(10-13)21-4/h6-7,10H,5,8-9,11-12H2,1-4H3. The number of piperidine rings is 1. The predicted octanol–water partition coefficient (Wildman–Crippen LogP) is 3.44. The Hall–Kier alpha value is -1.36. The Morgan fingerprint density at radius 3 is 2.64 bits per heavy atom. The Morgan fingerprint density at radius 2 is 2.00 bits per heavy atom. The fourth-order valence-corrected chi connectivity index (χ4v) is 3.61. The molecule has 0 spiro atoms. The van der Waals surface area contributed by atoms with Crippen LogP contribution in [0, 0.1) is 5.41 Å². The molecule has 0 saturated carbocycles. The van der Waals surface area contributed by atoms with Crippen molar-refractivity contribution in [1.82, 2.24) is 4.90 Å². The first kappa shape index (κ1) is 17.0. The number of amides is 1. The molecular weight excluding hydrogens is 298 g/mol. The van der Waals surface area contributed by atoms with Crippen LogP contribution in [0.1, 0.15) is 26.7 Å². The molecule has 2 rings (SSSR count). The van der Waals surface area contributed by atoms with Crippen LogP contribution in [0.4, 0.5) is 0 Å². The zero-order valence-electron chi connectivity index (χ0n) is 13.8. The van der Waals surface area contributed by atoms with Gasteiger partial charge in [-0.1, -0.05) is 13.8 Å². The summed E-state index contributed by atoms with van der Waals surface area (Å²) in [6.45, 7) is 6.20. The van der Waals surface area contributed by atoms with E-state index < -0.39 is 0 Å². The summed E-state index contributed by atoms with van der Waals surface area (Å²) in [5, 5.41) is 0. The number of likely N-dealkylation sites (tertiary alicyclic amines) is 1. The SMILES string of the molecule is COc1ccc(SCC(=O)N2CCCC(C)(C)C2)cc1OC. The summed E-state index contributed by atoms with van der Waals surface area (Å²) in [6.07, 6.45) is 2.29. The summed E-state index contributed by atoms with van der Waals surface area (Å²) in [7, 11) is 3.24. The van der Waals surface area contributed by atoms with E-state index in [1.807, 2.05) is 23.1 Å². The minimum Gasteiger partial charge on any atom is -0.493 e. The van der Waals surface area contributed by atoms with Crippen molar-refractivity contribution in [3.63, 3.8) is 0 Å². The molecule has 0 aromatic heterocycles. The molecule has 1 aromatic carbocycles. The van der Waals surface area contributed by atoms with Crippen molar-refractivity contribution in [3.05, 3.63) is 18.2 Å². The minimum absolute atomic E-state index is 0.215. The van der Waals surface area contributed by atoms with Gasteiger partial charge in [-0.2, -0.15) is 0 Å². The summed E-state index contributed by atoms with van der Waals surface area (Å²) in [5.74, 6) is 2.08. The average molecular weight is 323 g/mol. The van der Waals surface area contributed by atoms with Crippen molar-refractivity contribution in [2.75, 3.05) is 33.1 Å². The van der Waals surface area contributed by atoms with Crippen LogP contribution in [-0.4, -0.2) is 43.9 Å². The van der Waals surface area contributed by atoms with Gasteiger partial charge in [-0.15, -0.1) is 11.8 Å². The molecule has 0 aliphatic carbocycles. The van der Waals surface area contributed by atoms with Gasteiger partial charge < -0.3 is 14.4 Å². The predicted molar refractivity (Wildman–Crippen MR) is 89.9 cm³/mol. The Bertz CT molecular complexity index is 531. The number of rotatable bonds is 5. The number of hydrogen-bond acceptors (Lipinski definition) is 4. The molecule has 22 heavy (non-hydrogen) atoms. The Morgan fingerprint density at radius 1 is 1.27 bits per heavy atom. The average Bonchev–Trinajstić information content (AvgIpc) is 2.51. The van der Waals surface area contributed by atoms with Crippen molar-refractivity contribution in [3.8, 4) is 11.5 Å². The second-order valence-corrected chi connectivity index (χ2v) is 7.44. The van der Waals surface area contributed by atoms with Gasteiger partial charge in [0.05, 0.1) is 20.0 Å². The van der Waals surface area contributed by atoms with E-state index in [2.05, 4.69) is 13.8 Å². The highest BCUT2D eigenvalue weighted by molar-refractivity contribution is 8.00. The molecule has 1 fully saturated rings. The molecule has 0 bridgehead atoms. The van der Waals surface area contributed by atoms with Gasteiger partial charge in [-0.25, -0.2) is 0 Å². The van der Waals surface area contributed by atoms with Gasteiger partial charge in [0.2, 0.25) is 5.91 Å². The van der Waals surface area contributed by atoms with Gasteiger partial charge in [0.15, 0.2) is 11.5 Å². The third-order valence-corrected chi connectivity index (χ3v) is 4.95. The molecule has 5 heteroatoms. The molecule has 1 heterocycles. The highest BCUT2D eigenvalue weighted by atomic mass is 32.2. The molecular formula is C17H25NO3S. The van der Waals surface area contributed by atoms with E-state index in [1.54, 1.807) is 26.0 Å². The zero-order chi connectivity index (χ0) is 16.2. The number of carbonyl (C=O) groups is 1. The quantitative estimate of drug-likeness (QED) is 0.778. The molecule has 0 unspecified atom stereocenters. The fourth-order valence-electron chi connectivity index (χ4n) is 2.78. The third-order valence-electron chi connectivity index (χ3n) is 3.97. The normalized spacial score (nSPS) is 17.2. The highest BCUT2D eigenvalue weighted by Crippen LogP contribution is 2.33. The van der Waals surface area contributed by atoms with Gasteiger partial charge in [0.25, 0.3) is 0 Å². The zero-order valence-corrected chi connectivity index (χ0v) is 14.7. The fraction of sp³-hybridized carbons (Fsp3) is 0.588. The van der Waals surface area contributed by atoms with Gasteiger partial charge in [0, 0.05) is 18.0 Å². The van der Waals surface area contributed by atoms with E-state index in [0.717, 1.165) is 24.4 Å². The first-order valence-corrected chi connectivity index (χ1v) is 8.56. The number of thioether (sulfide) groups is 1. The number of carbonyl (C=O) groups excluding carboxylic acids is 1. The second kappa shape index (κ2) is 7.27. The molecule has 4 nitrogen and oxygen atoms in total. The maximum Gasteiger partial charge on any atom is 0.232 e. The second-order valence-electron chi connectivity index (χ2n) is 6.39. The number of ether oxygens (including phenoxy) is 2. The lowest BCUT2D eigenvalue weighted by Crippen LogP contribution is -2.44. The lowest BCUT2D eigenvalue weighted by Gasteiger charge is -2.38. The van der Waals surface area contributed by atoms with Crippen molar-refractivity contribution in [2.24, 2.45) is 5.41 Å². The van der Waals surface area contributed by atoms with E-state index in [9.17, 15) is 4.79 Å². The van der Waals surface area contributed by atoms with Gasteiger partial charge in [-0.05, 0) is 36.5 Å². The van der Waals surface area contributed by atoms with Crippen LogP contribution >= 0.6 is 11.8 Å². The molecule has 1 amide bonds. The molecule has 122 valence electrons. The molecule has 0 radical (unpaired) electrons. The number of nitrogens with zero attached hydrogens (tertiary/aromatic N) is 1. The van der Waals surface area contributed by atoms with Crippen molar-refractivity contribution in [1.29, 1.82) is 0 Å². The van der Waals surface area contributed by atoms with Gasteiger partial charge in [0.1, 0.15) is 0 Å². The first-order chi connectivity index (χ1) is 10.4. The monoisotopic (exact) mass is 323 g/mol. The molecule has 1 aromatic rings. The molecule has 1 aliphatic heterocycles.